The molecule has 0 rings (SSSR count). The van der Waals surface area contributed by atoms with Gasteiger partial charge in [0, 0.05) is 12.3 Å². The second kappa shape index (κ2) is 44.1. The third kappa shape index (κ3) is 37.0. The number of Topliss-reactive ketones (excluding diaryl/α,β-unsaturated/α-hetero) is 1. The molecule has 326 valence electrons. The molecule has 0 saturated heterocycles. The molecule has 0 spiro atoms. The number of nitroso groups, excluding NO2 is 1. The molecule has 0 radical (unpaired) electrons. The first-order valence-electron chi connectivity index (χ1n) is 25.3. The normalized spacial score (nSPS) is 12.7. The first-order chi connectivity index (χ1) is 27.0. The SMILES string of the molecule is C=C(CCCCCCCN(CCCCCCCC(=O)C(CCCCCC)CCCCCCCC)CCCCN=O)C(CCCCCC)CCCCCCCC. The maximum absolute atomic E-state index is 13.2. The molecule has 0 aromatic heterocycles. The molecule has 0 heterocycles. The second-order valence-corrected chi connectivity index (χ2v) is 17.8. The predicted octanol–water partition coefficient (Wildman–Crippen LogP) is 17.3. The summed E-state index contributed by atoms with van der Waals surface area (Å²) < 4.78 is 0. The molecule has 2 unspecified atom stereocenters. The van der Waals surface area contributed by atoms with E-state index in [1.807, 2.05) is 0 Å². The van der Waals surface area contributed by atoms with Crippen molar-refractivity contribution in [1.82, 2.24) is 4.90 Å². The van der Waals surface area contributed by atoms with Crippen LogP contribution in [0.15, 0.2) is 17.3 Å². The number of nitrogens with zero attached hydrogens (tertiary/aromatic N) is 2. The lowest BCUT2D eigenvalue weighted by Crippen LogP contribution is -2.27. The zero-order valence-corrected chi connectivity index (χ0v) is 38.3. The van der Waals surface area contributed by atoms with E-state index < -0.39 is 0 Å². The fraction of sp³-hybridized carbons (Fsp3) is 0.941. The minimum atomic E-state index is 0.322. The van der Waals surface area contributed by atoms with E-state index in [0.29, 0.717) is 18.2 Å². The van der Waals surface area contributed by atoms with E-state index >= 15 is 0 Å². The number of allylic oxidation sites excluding steroid dienone is 1. The molecule has 4 heteroatoms. The number of carbonyl (C=O) groups is 1. The zero-order chi connectivity index (χ0) is 40.3. The summed E-state index contributed by atoms with van der Waals surface area (Å²) in [6.45, 7) is 17.7. The number of unbranched alkanes of at least 4 members (excludes halogenated alkanes) is 25. The zero-order valence-electron chi connectivity index (χ0n) is 38.3. The van der Waals surface area contributed by atoms with E-state index in [-0.39, 0.29) is 0 Å². The molecular weight excluding hydrogens is 673 g/mol. The van der Waals surface area contributed by atoms with Gasteiger partial charge in [0.05, 0.1) is 6.54 Å². The highest BCUT2D eigenvalue weighted by molar-refractivity contribution is 5.80. The molecule has 0 amide bonds. The molecule has 55 heavy (non-hydrogen) atoms. The van der Waals surface area contributed by atoms with Gasteiger partial charge >= 0.3 is 0 Å². The van der Waals surface area contributed by atoms with Gasteiger partial charge in [0.25, 0.3) is 0 Å². The van der Waals surface area contributed by atoms with Crippen molar-refractivity contribution in [2.75, 3.05) is 26.2 Å². The molecular formula is C51H100N2O2. The van der Waals surface area contributed by atoms with Crippen molar-refractivity contribution < 1.29 is 4.79 Å². The first kappa shape index (κ1) is 54.0. The Kier molecular flexibility index (Phi) is 43.3. The molecule has 0 aromatic carbocycles. The summed E-state index contributed by atoms with van der Waals surface area (Å²) in [6, 6.07) is 0. The Labute approximate surface area is 346 Å². The maximum Gasteiger partial charge on any atom is 0.135 e. The molecule has 0 aliphatic carbocycles. The van der Waals surface area contributed by atoms with Crippen molar-refractivity contribution in [2.24, 2.45) is 17.0 Å². The van der Waals surface area contributed by atoms with Crippen LogP contribution in [0.2, 0.25) is 0 Å². The van der Waals surface area contributed by atoms with Crippen LogP contribution in [0.4, 0.5) is 0 Å². The summed E-state index contributed by atoms with van der Waals surface area (Å²) in [7, 11) is 0. The summed E-state index contributed by atoms with van der Waals surface area (Å²) in [5.74, 6) is 1.64. The topological polar surface area (TPSA) is 49.7 Å². The van der Waals surface area contributed by atoms with Crippen LogP contribution in [0.3, 0.4) is 0 Å². The molecule has 4 nitrogen and oxygen atoms in total. The van der Waals surface area contributed by atoms with Crippen molar-refractivity contribution in [2.45, 2.75) is 272 Å². The Balaban J connectivity index is 4.43. The van der Waals surface area contributed by atoms with Crippen LogP contribution in [0.25, 0.3) is 0 Å². The number of carbonyl (C=O) groups excluding carboxylic acids is 1. The largest absolute Gasteiger partial charge is 0.303 e. The monoisotopic (exact) mass is 773 g/mol. The Morgan fingerprint density at radius 2 is 0.745 bits per heavy atom. The standard InChI is InChI=1S/C51H100N2O2/c1-6-10-14-18-23-31-40-49(39-29-16-12-8-3)48(5)38-28-22-20-26-35-45-53(47-37-34-44-52-55)46-36-27-21-25-33-43-51(54)50(41-30-17-13-9-4)42-32-24-19-15-11-7-2/h49-50H,5-47H2,1-4H3. The Bertz CT molecular complexity index is 755. The van der Waals surface area contributed by atoms with Gasteiger partial charge in [-0.15, -0.1) is 0 Å². The summed E-state index contributed by atoms with van der Waals surface area (Å²) >= 11 is 0. The minimum absolute atomic E-state index is 0.322. The van der Waals surface area contributed by atoms with Gasteiger partial charge in [-0.05, 0) is 96.2 Å². The third-order valence-corrected chi connectivity index (χ3v) is 12.5. The van der Waals surface area contributed by atoms with Crippen LogP contribution in [0, 0.1) is 16.7 Å². The summed E-state index contributed by atoms with van der Waals surface area (Å²) in [5, 5.41) is 3.09. The fourth-order valence-electron chi connectivity index (χ4n) is 8.63. The second-order valence-electron chi connectivity index (χ2n) is 17.8. The van der Waals surface area contributed by atoms with Crippen LogP contribution < -0.4 is 0 Å². The highest BCUT2D eigenvalue weighted by Gasteiger charge is 2.17. The van der Waals surface area contributed by atoms with Gasteiger partial charge < -0.3 is 4.90 Å². The summed E-state index contributed by atoms with van der Waals surface area (Å²) in [5.41, 5.74) is 1.55. The summed E-state index contributed by atoms with van der Waals surface area (Å²) in [6.07, 6.45) is 48.5. The van der Waals surface area contributed by atoms with Crippen LogP contribution >= 0.6 is 0 Å². The number of rotatable bonds is 47. The lowest BCUT2D eigenvalue weighted by atomic mass is 9.86. The number of ketones is 1. The molecule has 0 aromatic rings. The highest BCUT2D eigenvalue weighted by Crippen LogP contribution is 2.28. The van der Waals surface area contributed by atoms with E-state index in [1.54, 1.807) is 5.57 Å². The minimum Gasteiger partial charge on any atom is -0.303 e. The van der Waals surface area contributed by atoms with Gasteiger partial charge in [-0.1, -0.05) is 212 Å². The number of hydrogen-bond donors (Lipinski definition) is 0. The van der Waals surface area contributed by atoms with Crippen LogP contribution in [-0.4, -0.2) is 36.9 Å². The lowest BCUT2D eigenvalue weighted by molar-refractivity contribution is -0.123. The maximum atomic E-state index is 13.2. The van der Waals surface area contributed by atoms with E-state index in [2.05, 4.69) is 44.4 Å². The number of hydrogen-bond acceptors (Lipinski definition) is 4. The average molecular weight is 773 g/mol. The van der Waals surface area contributed by atoms with Crippen LogP contribution in [0.1, 0.15) is 272 Å². The van der Waals surface area contributed by atoms with Gasteiger partial charge in [0.15, 0.2) is 0 Å². The van der Waals surface area contributed by atoms with Gasteiger partial charge in [0.2, 0.25) is 0 Å². The molecule has 0 aliphatic rings. The van der Waals surface area contributed by atoms with Gasteiger partial charge in [-0.25, -0.2) is 0 Å². The molecule has 0 N–H and O–H groups in total. The average Bonchev–Trinajstić information content (AvgIpc) is 3.19. The van der Waals surface area contributed by atoms with Crippen LogP contribution in [-0.2, 0) is 4.79 Å². The molecule has 0 aliphatic heterocycles. The Hall–Kier alpha value is -1.03. The molecule has 2 atom stereocenters. The quantitative estimate of drug-likeness (QED) is 0.0352. The van der Waals surface area contributed by atoms with Gasteiger partial charge in [-0.3, -0.25) is 4.79 Å². The van der Waals surface area contributed by atoms with E-state index in [4.69, 9.17) is 0 Å². The predicted molar refractivity (Wildman–Crippen MR) is 246 cm³/mol. The van der Waals surface area contributed by atoms with Crippen molar-refractivity contribution in [3.05, 3.63) is 17.1 Å². The molecule has 0 bridgehead atoms. The fourth-order valence-corrected chi connectivity index (χ4v) is 8.63. The summed E-state index contributed by atoms with van der Waals surface area (Å²) in [4.78, 5) is 26.5. The first-order valence-corrected chi connectivity index (χ1v) is 25.3. The van der Waals surface area contributed by atoms with E-state index in [1.165, 1.54) is 219 Å². The van der Waals surface area contributed by atoms with Gasteiger partial charge in [0.1, 0.15) is 5.78 Å². The van der Waals surface area contributed by atoms with Crippen molar-refractivity contribution >= 4 is 5.78 Å². The Morgan fingerprint density at radius 1 is 0.418 bits per heavy atom. The lowest BCUT2D eigenvalue weighted by Gasteiger charge is -2.22. The van der Waals surface area contributed by atoms with Crippen molar-refractivity contribution in [3.63, 3.8) is 0 Å². The van der Waals surface area contributed by atoms with E-state index in [0.717, 1.165) is 51.0 Å². The third-order valence-electron chi connectivity index (χ3n) is 12.5. The Morgan fingerprint density at radius 3 is 1.18 bits per heavy atom. The van der Waals surface area contributed by atoms with Crippen molar-refractivity contribution in [3.8, 4) is 0 Å². The highest BCUT2D eigenvalue weighted by atomic mass is 16.3. The van der Waals surface area contributed by atoms with Crippen molar-refractivity contribution in [1.29, 1.82) is 0 Å². The van der Waals surface area contributed by atoms with Gasteiger partial charge in [-0.2, -0.15) is 4.91 Å². The molecule has 0 saturated carbocycles. The molecule has 0 fully saturated rings. The smallest absolute Gasteiger partial charge is 0.135 e. The van der Waals surface area contributed by atoms with Crippen LogP contribution in [0.5, 0.6) is 0 Å². The van der Waals surface area contributed by atoms with E-state index in [9.17, 15) is 9.70 Å².